The molecule has 0 saturated carbocycles. The molecule has 0 atom stereocenters. The Hall–Kier alpha value is -1.87. The predicted molar refractivity (Wildman–Crippen MR) is 85.4 cm³/mol. The Bertz CT molecular complexity index is 783. The summed E-state index contributed by atoms with van der Waals surface area (Å²) in [7, 11) is 0. The summed E-state index contributed by atoms with van der Waals surface area (Å²) in [6, 6.07) is 16.0. The van der Waals surface area contributed by atoms with Crippen LogP contribution in [0.15, 0.2) is 53.0 Å². The summed E-state index contributed by atoms with van der Waals surface area (Å²) in [6.07, 6.45) is 0. The summed E-state index contributed by atoms with van der Waals surface area (Å²) in [5.74, 6) is 1.71. The lowest BCUT2D eigenvalue weighted by Gasteiger charge is -2.12. The monoisotopic (exact) mass is 327 g/mol. The number of aromatic nitrogens is 1. The average Bonchev–Trinajstić information content (AvgIpc) is 2.41. The number of hydrogen-bond acceptors (Lipinski definition) is 2. The fraction of sp³-hybridized carbons (Fsp3) is 0.118. The summed E-state index contributed by atoms with van der Waals surface area (Å²) in [5, 5.41) is 1.03. The number of rotatable bonds is 2. The van der Waals surface area contributed by atoms with Gasteiger partial charge in [0.05, 0.1) is 5.52 Å². The van der Waals surface area contributed by atoms with Crippen LogP contribution in [0.3, 0.4) is 0 Å². The van der Waals surface area contributed by atoms with Crippen LogP contribution in [-0.2, 0) is 0 Å². The Labute approximate surface area is 126 Å². The van der Waals surface area contributed by atoms with E-state index in [0.29, 0.717) is 0 Å². The van der Waals surface area contributed by atoms with E-state index in [4.69, 9.17) is 4.74 Å². The minimum Gasteiger partial charge on any atom is -0.456 e. The third-order valence-corrected chi connectivity index (χ3v) is 3.66. The van der Waals surface area contributed by atoms with Crippen LogP contribution in [0.5, 0.6) is 11.5 Å². The van der Waals surface area contributed by atoms with Crippen LogP contribution in [0, 0.1) is 13.8 Å². The van der Waals surface area contributed by atoms with Crippen molar-refractivity contribution in [1.82, 2.24) is 4.98 Å². The van der Waals surface area contributed by atoms with Crippen molar-refractivity contribution in [3.63, 3.8) is 0 Å². The van der Waals surface area contributed by atoms with Crippen LogP contribution < -0.4 is 4.74 Å². The molecule has 0 aliphatic rings. The molecule has 3 heteroatoms. The molecular weight excluding hydrogens is 314 g/mol. The third-order valence-electron chi connectivity index (χ3n) is 3.16. The summed E-state index contributed by atoms with van der Waals surface area (Å²) in [4.78, 5) is 4.53. The molecule has 0 aliphatic heterocycles. The van der Waals surface area contributed by atoms with Crippen molar-refractivity contribution in [3.05, 3.63) is 64.3 Å². The van der Waals surface area contributed by atoms with Gasteiger partial charge >= 0.3 is 0 Å². The molecule has 3 rings (SSSR count). The van der Waals surface area contributed by atoms with Crippen molar-refractivity contribution in [3.8, 4) is 11.5 Å². The van der Waals surface area contributed by atoms with Crippen molar-refractivity contribution in [2.75, 3.05) is 0 Å². The molecule has 0 saturated heterocycles. The number of para-hydroxylation sites is 1. The quantitative estimate of drug-likeness (QED) is 0.628. The van der Waals surface area contributed by atoms with Crippen molar-refractivity contribution >= 4 is 26.8 Å². The maximum atomic E-state index is 6.10. The molecule has 0 fully saturated rings. The zero-order valence-electron chi connectivity index (χ0n) is 11.4. The van der Waals surface area contributed by atoms with E-state index in [2.05, 4.69) is 20.9 Å². The lowest BCUT2D eigenvalue weighted by atomic mass is 10.2. The van der Waals surface area contributed by atoms with Crippen molar-refractivity contribution < 1.29 is 4.74 Å². The van der Waals surface area contributed by atoms with E-state index in [0.717, 1.165) is 38.1 Å². The summed E-state index contributed by atoms with van der Waals surface area (Å²) in [5.41, 5.74) is 3.00. The maximum absolute atomic E-state index is 6.10. The SMILES string of the molecule is Cc1cc(Oc2ccc(Br)cc2C)c2ccccc2n1. The van der Waals surface area contributed by atoms with Gasteiger partial charge in [-0.3, -0.25) is 4.98 Å². The third kappa shape index (κ3) is 2.54. The highest BCUT2D eigenvalue weighted by molar-refractivity contribution is 9.10. The van der Waals surface area contributed by atoms with Crippen LogP contribution >= 0.6 is 15.9 Å². The van der Waals surface area contributed by atoms with Gasteiger partial charge in [0.2, 0.25) is 0 Å². The van der Waals surface area contributed by atoms with E-state index < -0.39 is 0 Å². The maximum Gasteiger partial charge on any atom is 0.138 e. The topological polar surface area (TPSA) is 22.1 Å². The molecule has 1 heterocycles. The largest absolute Gasteiger partial charge is 0.456 e. The van der Waals surface area contributed by atoms with E-state index in [-0.39, 0.29) is 0 Å². The van der Waals surface area contributed by atoms with Crippen molar-refractivity contribution in [2.45, 2.75) is 13.8 Å². The van der Waals surface area contributed by atoms with Gasteiger partial charge in [-0.05, 0) is 49.7 Å². The van der Waals surface area contributed by atoms with Gasteiger partial charge < -0.3 is 4.74 Å². The van der Waals surface area contributed by atoms with Gasteiger partial charge in [0, 0.05) is 21.6 Å². The van der Waals surface area contributed by atoms with Crippen molar-refractivity contribution in [2.24, 2.45) is 0 Å². The first kappa shape index (κ1) is 13.1. The van der Waals surface area contributed by atoms with E-state index in [1.807, 2.05) is 62.4 Å². The van der Waals surface area contributed by atoms with Crippen LogP contribution in [0.4, 0.5) is 0 Å². The standard InChI is InChI=1S/C17H14BrNO/c1-11-9-13(18)7-8-16(11)20-17-10-12(2)19-15-6-4-3-5-14(15)17/h3-10H,1-2H3. The summed E-state index contributed by atoms with van der Waals surface area (Å²) in [6.45, 7) is 4.02. The molecule has 2 aromatic carbocycles. The molecule has 0 unspecified atom stereocenters. The molecule has 0 bridgehead atoms. The lowest BCUT2D eigenvalue weighted by molar-refractivity contribution is 0.483. The Morgan fingerprint density at radius 3 is 2.55 bits per heavy atom. The molecule has 0 spiro atoms. The zero-order chi connectivity index (χ0) is 14.1. The van der Waals surface area contributed by atoms with Gasteiger partial charge in [-0.25, -0.2) is 0 Å². The Balaban J connectivity index is 2.10. The predicted octanol–water partition coefficient (Wildman–Crippen LogP) is 5.41. The average molecular weight is 328 g/mol. The number of ether oxygens (including phenoxy) is 1. The Morgan fingerprint density at radius 1 is 0.950 bits per heavy atom. The molecule has 0 aliphatic carbocycles. The Kier molecular flexibility index (Phi) is 3.45. The molecule has 0 N–H and O–H groups in total. The summed E-state index contributed by atoms with van der Waals surface area (Å²) < 4.78 is 7.15. The van der Waals surface area contributed by atoms with Crippen LogP contribution in [-0.4, -0.2) is 4.98 Å². The summed E-state index contributed by atoms with van der Waals surface area (Å²) >= 11 is 3.47. The lowest BCUT2D eigenvalue weighted by Crippen LogP contribution is -1.92. The second-order valence-electron chi connectivity index (χ2n) is 4.79. The van der Waals surface area contributed by atoms with Crippen LogP contribution in [0.25, 0.3) is 10.9 Å². The van der Waals surface area contributed by atoms with Gasteiger partial charge in [-0.15, -0.1) is 0 Å². The second kappa shape index (κ2) is 5.25. The fourth-order valence-electron chi connectivity index (χ4n) is 2.20. The smallest absolute Gasteiger partial charge is 0.138 e. The number of halogens is 1. The van der Waals surface area contributed by atoms with Gasteiger partial charge in [-0.2, -0.15) is 0 Å². The molecule has 2 nitrogen and oxygen atoms in total. The highest BCUT2D eigenvalue weighted by Crippen LogP contribution is 2.32. The van der Waals surface area contributed by atoms with Crippen molar-refractivity contribution in [1.29, 1.82) is 0 Å². The minimum absolute atomic E-state index is 0.846. The van der Waals surface area contributed by atoms with E-state index in [1.54, 1.807) is 0 Å². The van der Waals surface area contributed by atoms with Gasteiger partial charge in [0.15, 0.2) is 0 Å². The molecule has 0 amide bonds. The molecule has 0 radical (unpaired) electrons. The number of aryl methyl sites for hydroxylation is 2. The highest BCUT2D eigenvalue weighted by atomic mass is 79.9. The van der Waals surface area contributed by atoms with Gasteiger partial charge in [-0.1, -0.05) is 28.1 Å². The second-order valence-corrected chi connectivity index (χ2v) is 5.71. The fourth-order valence-corrected chi connectivity index (χ4v) is 2.68. The van der Waals surface area contributed by atoms with Gasteiger partial charge in [0.25, 0.3) is 0 Å². The zero-order valence-corrected chi connectivity index (χ0v) is 12.9. The normalized spacial score (nSPS) is 10.8. The molecule has 100 valence electrons. The molecular formula is C17H14BrNO. The van der Waals surface area contributed by atoms with Gasteiger partial charge in [0.1, 0.15) is 11.5 Å². The highest BCUT2D eigenvalue weighted by Gasteiger charge is 2.07. The number of benzene rings is 2. The number of pyridine rings is 1. The van der Waals surface area contributed by atoms with E-state index in [1.165, 1.54) is 0 Å². The first-order valence-corrected chi connectivity index (χ1v) is 7.23. The first-order chi connectivity index (χ1) is 9.63. The number of nitrogens with zero attached hydrogens (tertiary/aromatic N) is 1. The van der Waals surface area contributed by atoms with E-state index >= 15 is 0 Å². The number of hydrogen-bond donors (Lipinski definition) is 0. The van der Waals surface area contributed by atoms with Crippen LogP contribution in [0.1, 0.15) is 11.3 Å². The molecule has 3 aromatic rings. The molecule has 1 aromatic heterocycles. The minimum atomic E-state index is 0.846. The van der Waals surface area contributed by atoms with Crippen LogP contribution in [0.2, 0.25) is 0 Å². The molecule has 20 heavy (non-hydrogen) atoms. The Morgan fingerprint density at radius 2 is 1.75 bits per heavy atom. The van der Waals surface area contributed by atoms with E-state index in [9.17, 15) is 0 Å². The number of fused-ring (bicyclic) bond motifs is 1. The first-order valence-electron chi connectivity index (χ1n) is 6.44.